The Kier molecular flexibility index (Phi) is 4.87. The fourth-order valence-corrected chi connectivity index (χ4v) is 3.51. The van der Waals surface area contributed by atoms with Gasteiger partial charge in [-0.2, -0.15) is 4.31 Å². The average molecular weight is 359 g/mol. The Balaban J connectivity index is 1.73. The van der Waals surface area contributed by atoms with Gasteiger partial charge in [0, 0.05) is 25.0 Å². The maximum absolute atomic E-state index is 12.7. The van der Waals surface area contributed by atoms with Gasteiger partial charge in [-0.05, 0) is 36.4 Å². The lowest BCUT2D eigenvalue weighted by atomic mass is 10.2. The molecule has 1 aromatic heterocycles. The third-order valence-corrected chi connectivity index (χ3v) is 5.57. The number of rotatable bonds is 6. The van der Waals surface area contributed by atoms with Gasteiger partial charge in [-0.15, -0.1) is 0 Å². The summed E-state index contributed by atoms with van der Waals surface area (Å²) in [7, 11) is -2.16. The number of hydrogen-bond donors (Lipinski definition) is 0. The Bertz CT molecular complexity index is 1030. The average Bonchev–Trinajstić information content (AvgIpc) is 2.62. The zero-order chi connectivity index (χ0) is 17.9. The smallest absolute Gasteiger partial charge is 0.336 e. The molecular formula is C18H17NO5S. The number of sulfonamides is 1. The van der Waals surface area contributed by atoms with E-state index in [4.69, 9.17) is 9.15 Å². The number of ether oxygens (including phenoxy) is 1. The molecule has 0 amide bonds. The van der Waals surface area contributed by atoms with Gasteiger partial charge in [0.15, 0.2) is 0 Å². The zero-order valence-corrected chi connectivity index (χ0v) is 14.4. The molecule has 7 heteroatoms. The summed E-state index contributed by atoms with van der Waals surface area (Å²) in [5.74, 6) is 0.689. The molecule has 0 saturated carbocycles. The predicted octanol–water partition coefficient (Wildman–Crippen LogP) is 2.49. The van der Waals surface area contributed by atoms with Gasteiger partial charge in [0.05, 0.1) is 4.90 Å². The Morgan fingerprint density at radius 3 is 2.56 bits per heavy atom. The molecule has 0 spiro atoms. The molecule has 0 aliphatic carbocycles. The van der Waals surface area contributed by atoms with Gasteiger partial charge >= 0.3 is 5.63 Å². The van der Waals surface area contributed by atoms with E-state index in [-0.39, 0.29) is 18.0 Å². The maximum atomic E-state index is 12.7. The van der Waals surface area contributed by atoms with Crippen molar-refractivity contribution in [3.8, 4) is 5.75 Å². The highest BCUT2D eigenvalue weighted by Gasteiger charge is 2.21. The minimum Gasteiger partial charge on any atom is -0.492 e. The quantitative estimate of drug-likeness (QED) is 0.632. The van der Waals surface area contributed by atoms with Crippen molar-refractivity contribution in [1.82, 2.24) is 4.31 Å². The highest BCUT2D eigenvalue weighted by molar-refractivity contribution is 7.89. The van der Waals surface area contributed by atoms with Crippen LogP contribution in [-0.4, -0.2) is 32.9 Å². The maximum Gasteiger partial charge on any atom is 0.336 e. The van der Waals surface area contributed by atoms with Crippen LogP contribution in [-0.2, 0) is 10.0 Å². The SMILES string of the molecule is CN(CCOc1ccccc1)S(=O)(=O)c1ccc2oc(=O)ccc2c1. The molecule has 0 saturated heterocycles. The van der Waals surface area contributed by atoms with E-state index >= 15 is 0 Å². The standard InChI is InChI=1S/C18H17NO5S/c1-19(11-12-23-15-5-3-2-4-6-15)25(21,22)16-8-9-17-14(13-16)7-10-18(20)24-17/h2-10,13H,11-12H2,1H3. The first kappa shape index (κ1) is 17.2. The molecule has 6 nitrogen and oxygen atoms in total. The van der Waals surface area contributed by atoms with Crippen LogP contribution >= 0.6 is 0 Å². The van der Waals surface area contributed by atoms with Gasteiger partial charge in [-0.25, -0.2) is 13.2 Å². The number of benzene rings is 2. The minimum atomic E-state index is -3.66. The highest BCUT2D eigenvalue weighted by Crippen LogP contribution is 2.20. The lowest BCUT2D eigenvalue weighted by Crippen LogP contribution is -2.31. The Hall–Kier alpha value is -2.64. The van der Waals surface area contributed by atoms with Crippen LogP contribution in [0.3, 0.4) is 0 Å². The molecule has 130 valence electrons. The van der Waals surface area contributed by atoms with E-state index < -0.39 is 15.6 Å². The summed E-state index contributed by atoms with van der Waals surface area (Å²) in [5, 5.41) is 0.551. The van der Waals surface area contributed by atoms with Crippen molar-refractivity contribution < 1.29 is 17.6 Å². The van der Waals surface area contributed by atoms with E-state index in [1.54, 1.807) is 6.07 Å². The number of fused-ring (bicyclic) bond motifs is 1. The first-order chi connectivity index (χ1) is 12.0. The monoisotopic (exact) mass is 359 g/mol. The second-order valence-electron chi connectivity index (χ2n) is 5.44. The summed E-state index contributed by atoms with van der Waals surface area (Å²) in [6.07, 6.45) is 0. The predicted molar refractivity (Wildman–Crippen MR) is 94.2 cm³/mol. The van der Waals surface area contributed by atoms with Crippen LogP contribution < -0.4 is 10.4 Å². The molecule has 25 heavy (non-hydrogen) atoms. The van der Waals surface area contributed by atoms with Crippen molar-refractivity contribution in [2.75, 3.05) is 20.2 Å². The molecule has 0 aliphatic rings. The van der Waals surface area contributed by atoms with E-state index in [0.29, 0.717) is 16.7 Å². The molecular weight excluding hydrogens is 342 g/mol. The third-order valence-electron chi connectivity index (χ3n) is 3.72. The first-order valence-corrected chi connectivity index (χ1v) is 9.09. The fourth-order valence-electron chi connectivity index (χ4n) is 2.32. The van der Waals surface area contributed by atoms with Gasteiger partial charge in [0.25, 0.3) is 0 Å². The van der Waals surface area contributed by atoms with Gasteiger partial charge in [0.1, 0.15) is 17.9 Å². The molecule has 3 rings (SSSR count). The van der Waals surface area contributed by atoms with Crippen LogP contribution in [0.25, 0.3) is 11.0 Å². The summed E-state index contributed by atoms with van der Waals surface area (Å²) in [6.45, 7) is 0.446. The molecule has 0 unspecified atom stereocenters. The number of hydrogen-bond acceptors (Lipinski definition) is 5. The largest absolute Gasteiger partial charge is 0.492 e. The van der Waals surface area contributed by atoms with Crippen LogP contribution in [0.4, 0.5) is 0 Å². The van der Waals surface area contributed by atoms with Crippen molar-refractivity contribution >= 4 is 21.0 Å². The summed E-state index contributed by atoms with van der Waals surface area (Å²) in [5.41, 5.74) is -0.125. The molecule has 0 radical (unpaired) electrons. The summed E-state index contributed by atoms with van der Waals surface area (Å²) in [4.78, 5) is 11.3. The second-order valence-corrected chi connectivity index (χ2v) is 7.49. The van der Waals surface area contributed by atoms with E-state index in [1.165, 1.54) is 35.6 Å². The molecule has 1 heterocycles. The summed E-state index contributed by atoms with van der Waals surface area (Å²) >= 11 is 0. The van der Waals surface area contributed by atoms with E-state index in [0.717, 1.165) is 0 Å². The first-order valence-electron chi connectivity index (χ1n) is 7.65. The topological polar surface area (TPSA) is 76.8 Å². The van der Waals surface area contributed by atoms with Crippen molar-refractivity contribution in [3.63, 3.8) is 0 Å². The lowest BCUT2D eigenvalue weighted by molar-refractivity contribution is 0.287. The van der Waals surface area contributed by atoms with Crippen molar-refractivity contribution in [2.45, 2.75) is 4.90 Å². The zero-order valence-electron chi connectivity index (χ0n) is 13.6. The Morgan fingerprint density at radius 2 is 1.80 bits per heavy atom. The van der Waals surface area contributed by atoms with Crippen molar-refractivity contribution in [1.29, 1.82) is 0 Å². The van der Waals surface area contributed by atoms with Crippen molar-refractivity contribution in [2.24, 2.45) is 0 Å². The number of nitrogens with zero attached hydrogens (tertiary/aromatic N) is 1. The number of likely N-dealkylation sites (N-methyl/N-ethyl adjacent to an activating group) is 1. The van der Waals surface area contributed by atoms with Crippen LogP contribution in [0, 0.1) is 0 Å². The van der Waals surface area contributed by atoms with Crippen LogP contribution in [0.1, 0.15) is 0 Å². The minimum absolute atomic E-state index is 0.135. The Labute approximate surface area is 145 Å². The normalized spacial score (nSPS) is 11.8. The van der Waals surface area contributed by atoms with Gasteiger partial charge in [0.2, 0.25) is 10.0 Å². The third kappa shape index (κ3) is 3.89. The van der Waals surface area contributed by atoms with Crippen molar-refractivity contribution in [3.05, 3.63) is 71.1 Å². The van der Waals surface area contributed by atoms with Crippen LogP contribution in [0.15, 0.2) is 74.8 Å². The number of para-hydroxylation sites is 1. The molecule has 0 fully saturated rings. The van der Waals surface area contributed by atoms with E-state index in [9.17, 15) is 13.2 Å². The molecule has 2 aromatic carbocycles. The summed E-state index contributed by atoms with van der Waals surface area (Å²) < 4.78 is 37.1. The second kappa shape index (κ2) is 7.08. The molecule has 0 bridgehead atoms. The molecule has 0 N–H and O–H groups in total. The van der Waals surface area contributed by atoms with E-state index in [1.807, 2.05) is 30.3 Å². The van der Waals surface area contributed by atoms with E-state index in [2.05, 4.69) is 0 Å². The van der Waals surface area contributed by atoms with Crippen LogP contribution in [0.5, 0.6) is 5.75 Å². The molecule has 0 aliphatic heterocycles. The van der Waals surface area contributed by atoms with Gasteiger partial charge < -0.3 is 9.15 Å². The van der Waals surface area contributed by atoms with Gasteiger partial charge in [-0.3, -0.25) is 0 Å². The Morgan fingerprint density at radius 1 is 1.04 bits per heavy atom. The highest BCUT2D eigenvalue weighted by atomic mass is 32.2. The lowest BCUT2D eigenvalue weighted by Gasteiger charge is -2.17. The fraction of sp³-hybridized carbons (Fsp3) is 0.167. The van der Waals surface area contributed by atoms with Crippen LogP contribution in [0.2, 0.25) is 0 Å². The molecule has 3 aromatic rings. The van der Waals surface area contributed by atoms with Gasteiger partial charge in [-0.1, -0.05) is 18.2 Å². The summed E-state index contributed by atoms with van der Waals surface area (Å²) in [6, 6.07) is 16.4. The molecule has 0 atom stereocenters.